The van der Waals surface area contributed by atoms with Crippen molar-refractivity contribution >= 4 is 5.91 Å². The summed E-state index contributed by atoms with van der Waals surface area (Å²) in [5, 5.41) is 2.80. The number of halogens is 2. The zero-order chi connectivity index (χ0) is 21.5. The van der Waals surface area contributed by atoms with Crippen LogP contribution in [-0.2, 0) is 17.9 Å². The monoisotopic (exact) mass is 416 g/mol. The Morgan fingerprint density at radius 3 is 2.70 bits per heavy atom. The highest BCUT2D eigenvalue weighted by Gasteiger charge is 2.21. The van der Waals surface area contributed by atoms with Gasteiger partial charge in [0.25, 0.3) is 0 Å². The Kier molecular flexibility index (Phi) is 7.80. The Morgan fingerprint density at radius 1 is 1.17 bits per heavy atom. The van der Waals surface area contributed by atoms with E-state index >= 15 is 0 Å². The van der Waals surface area contributed by atoms with Crippen LogP contribution in [0.2, 0.25) is 0 Å². The van der Waals surface area contributed by atoms with Crippen LogP contribution >= 0.6 is 0 Å². The first kappa shape index (κ1) is 22.2. The average Bonchev–Trinajstić information content (AvgIpc) is 2.73. The predicted molar refractivity (Wildman–Crippen MR) is 113 cm³/mol. The van der Waals surface area contributed by atoms with E-state index in [2.05, 4.69) is 29.3 Å². The maximum Gasteiger partial charge on any atom is 0.220 e. The highest BCUT2D eigenvalue weighted by atomic mass is 19.2. The molecule has 2 aromatic rings. The second-order valence-corrected chi connectivity index (χ2v) is 8.11. The van der Waals surface area contributed by atoms with E-state index in [4.69, 9.17) is 4.74 Å². The first-order valence-corrected chi connectivity index (χ1v) is 10.5. The van der Waals surface area contributed by atoms with E-state index in [0.717, 1.165) is 62.3 Å². The molecule has 0 saturated carbocycles. The molecule has 2 aromatic carbocycles. The van der Waals surface area contributed by atoms with Crippen molar-refractivity contribution in [2.75, 3.05) is 20.2 Å². The van der Waals surface area contributed by atoms with Crippen LogP contribution in [0, 0.1) is 24.5 Å². The van der Waals surface area contributed by atoms with Gasteiger partial charge in [0.05, 0.1) is 7.11 Å². The van der Waals surface area contributed by atoms with Gasteiger partial charge in [-0.1, -0.05) is 18.2 Å². The molecule has 1 fully saturated rings. The Morgan fingerprint density at radius 2 is 1.97 bits per heavy atom. The standard InChI is InChI=1S/C24H30F2N2O2/c1-17-12-20(6-9-23(17)30-2)16-28-11-3-4-18(15-28)7-10-24(29)27-14-19-5-8-21(25)22(26)13-19/h5-6,8-9,12-13,18H,3-4,7,10-11,14-16H2,1-2H3,(H,27,29). The minimum Gasteiger partial charge on any atom is -0.496 e. The number of hydrogen-bond acceptors (Lipinski definition) is 3. The molecule has 1 atom stereocenters. The molecule has 1 aliphatic rings. The molecule has 6 heteroatoms. The number of ether oxygens (including phenoxy) is 1. The lowest BCUT2D eigenvalue weighted by Crippen LogP contribution is -2.35. The van der Waals surface area contributed by atoms with Crippen LogP contribution in [0.4, 0.5) is 8.78 Å². The fraction of sp³-hybridized carbons (Fsp3) is 0.458. The van der Waals surface area contributed by atoms with Crippen molar-refractivity contribution in [3.8, 4) is 5.75 Å². The molecule has 3 rings (SSSR count). The number of benzene rings is 2. The molecular weight excluding hydrogens is 386 g/mol. The topological polar surface area (TPSA) is 41.6 Å². The normalized spacial score (nSPS) is 17.0. The van der Waals surface area contributed by atoms with Gasteiger partial charge in [0.2, 0.25) is 5.91 Å². The van der Waals surface area contributed by atoms with Crippen LogP contribution in [0.1, 0.15) is 42.4 Å². The Bertz CT molecular complexity index is 872. The van der Waals surface area contributed by atoms with Gasteiger partial charge in [0.1, 0.15) is 5.75 Å². The van der Waals surface area contributed by atoms with Gasteiger partial charge in [-0.05, 0) is 73.5 Å². The summed E-state index contributed by atoms with van der Waals surface area (Å²) < 4.78 is 31.6. The molecule has 0 aliphatic carbocycles. The van der Waals surface area contributed by atoms with Crippen LogP contribution < -0.4 is 10.1 Å². The smallest absolute Gasteiger partial charge is 0.220 e. The van der Waals surface area contributed by atoms with E-state index in [1.807, 2.05) is 6.07 Å². The predicted octanol–water partition coefficient (Wildman–Crippen LogP) is 4.59. The van der Waals surface area contributed by atoms with E-state index in [0.29, 0.717) is 17.9 Å². The number of nitrogens with one attached hydrogen (secondary N) is 1. The molecule has 1 unspecified atom stereocenters. The van der Waals surface area contributed by atoms with Crippen molar-refractivity contribution in [3.63, 3.8) is 0 Å². The Hall–Kier alpha value is -2.47. The van der Waals surface area contributed by atoms with Gasteiger partial charge >= 0.3 is 0 Å². The number of piperidine rings is 1. The first-order valence-electron chi connectivity index (χ1n) is 10.5. The molecule has 30 heavy (non-hydrogen) atoms. The van der Waals surface area contributed by atoms with E-state index in [1.54, 1.807) is 7.11 Å². The average molecular weight is 417 g/mol. The van der Waals surface area contributed by atoms with E-state index in [9.17, 15) is 13.6 Å². The number of carbonyl (C=O) groups excluding carboxylic acids is 1. The molecule has 1 aliphatic heterocycles. The van der Waals surface area contributed by atoms with Crippen molar-refractivity contribution in [2.45, 2.75) is 45.7 Å². The van der Waals surface area contributed by atoms with Gasteiger partial charge in [-0.3, -0.25) is 9.69 Å². The zero-order valence-corrected chi connectivity index (χ0v) is 17.7. The lowest BCUT2D eigenvalue weighted by Gasteiger charge is -2.32. The fourth-order valence-corrected chi connectivity index (χ4v) is 4.10. The minimum absolute atomic E-state index is 0.0531. The SMILES string of the molecule is COc1ccc(CN2CCCC(CCC(=O)NCc3ccc(F)c(F)c3)C2)cc1C. The molecule has 4 nitrogen and oxygen atoms in total. The fourth-order valence-electron chi connectivity index (χ4n) is 4.10. The number of aryl methyl sites for hydroxylation is 1. The molecule has 0 radical (unpaired) electrons. The minimum atomic E-state index is -0.893. The molecular formula is C24H30F2N2O2. The van der Waals surface area contributed by atoms with Crippen LogP contribution in [0.25, 0.3) is 0 Å². The molecule has 0 bridgehead atoms. The van der Waals surface area contributed by atoms with Gasteiger partial charge in [-0.2, -0.15) is 0 Å². The van der Waals surface area contributed by atoms with E-state index < -0.39 is 11.6 Å². The number of nitrogens with zero attached hydrogens (tertiary/aromatic N) is 1. The lowest BCUT2D eigenvalue weighted by molar-refractivity contribution is -0.121. The number of amides is 1. The Balaban J connectivity index is 1.42. The van der Waals surface area contributed by atoms with Crippen molar-refractivity contribution < 1.29 is 18.3 Å². The summed E-state index contributed by atoms with van der Waals surface area (Å²) in [5.41, 5.74) is 2.97. The quantitative estimate of drug-likeness (QED) is 0.684. The summed E-state index contributed by atoms with van der Waals surface area (Å²) >= 11 is 0. The van der Waals surface area contributed by atoms with Gasteiger partial charge in [0.15, 0.2) is 11.6 Å². The van der Waals surface area contributed by atoms with Crippen LogP contribution in [0.3, 0.4) is 0 Å². The summed E-state index contributed by atoms with van der Waals surface area (Å²) in [5.74, 6) is -0.424. The molecule has 1 amide bonds. The summed E-state index contributed by atoms with van der Waals surface area (Å²) in [6, 6.07) is 9.99. The number of rotatable bonds is 8. The Labute approximate surface area is 177 Å². The van der Waals surface area contributed by atoms with Crippen molar-refractivity contribution in [2.24, 2.45) is 5.92 Å². The largest absolute Gasteiger partial charge is 0.496 e. The lowest BCUT2D eigenvalue weighted by atomic mass is 9.93. The van der Waals surface area contributed by atoms with E-state index in [1.165, 1.54) is 11.6 Å². The van der Waals surface area contributed by atoms with Crippen molar-refractivity contribution in [1.82, 2.24) is 10.2 Å². The molecule has 1 N–H and O–H groups in total. The third kappa shape index (κ3) is 6.26. The maximum atomic E-state index is 13.2. The van der Waals surface area contributed by atoms with Crippen LogP contribution in [0.5, 0.6) is 5.75 Å². The first-order chi connectivity index (χ1) is 14.4. The van der Waals surface area contributed by atoms with Gasteiger partial charge in [-0.15, -0.1) is 0 Å². The summed E-state index contributed by atoms with van der Waals surface area (Å²) in [6.45, 7) is 5.24. The van der Waals surface area contributed by atoms with Crippen molar-refractivity contribution in [1.29, 1.82) is 0 Å². The summed E-state index contributed by atoms with van der Waals surface area (Å²) in [7, 11) is 1.69. The number of hydrogen-bond donors (Lipinski definition) is 1. The van der Waals surface area contributed by atoms with Crippen LogP contribution in [0.15, 0.2) is 36.4 Å². The third-order valence-corrected chi connectivity index (χ3v) is 5.72. The second kappa shape index (κ2) is 10.5. The summed E-state index contributed by atoms with van der Waals surface area (Å²) in [4.78, 5) is 14.6. The molecule has 0 aromatic heterocycles. The van der Waals surface area contributed by atoms with Gasteiger partial charge in [0, 0.05) is 26.1 Å². The van der Waals surface area contributed by atoms with Crippen LogP contribution in [-0.4, -0.2) is 31.0 Å². The molecule has 1 saturated heterocycles. The molecule has 162 valence electrons. The van der Waals surface area contributed by atoms with Gasteiger partial charge in [-0.25, -0.2) is 8.78 Å². The second-order valence-electron chi connectivity index (χ2n) is 8.11. The highest BCUT2D eigenvalue weighted by Crippen LogP contribution is 2.24. The van der Waals surface area contributed by atoms with Gasteiger partial charge < -0.3 is 10.1 Å². The number of carbonyl (C=O) groups is 1. The van der Waals surface area contributed by atoms with E-state index in [-0.39, 0.29) is 12.5 Å². The third-order valence-electron chi connectivity index (χ3n) is 5.72. The highest BCUT2D eigenvalue weighted by molar-refractivity contribution is 5.75. The molecule has 0 spiro atoms. The zero-order valence-electron chi connectivity index (χ0n) is 17.7. The molecule has 1 heterocycles. The maximum absolute atomic E-state index is 13.2. The number of likely N-dealkylation sites (tertiary alicyclic amines) is 1. The van der Waals surface area contributed by atoms with Crippen molar-refractivity contribution in [3.05, 3.63) is 64.7 Å². The summed E-state index contributed by atoms with van der Waals surface area (Å²) in [6.07, 6.45) is 3.55. The number of methoxy groups -OCH3 is 1.